The smallest absolute Gasteiger partial charge is 0.335 e. The van der Waals surface area contributed by atoms with Gasteiger partial charge in [-0.15, -0.1) is 0 Å². The Morgan fingerprint density at radius 1 is 1.15 bits per heavy atom. The number of benzene rings is 2. The van der Waals surface area contributed by atoms with Crippen molar-refractivity contribution in [1.29, 1.82) is 0 Å². The van der Waals surface area contributed by atoms with E-state index in [9.17, 15) is 14.4 Å². The van der Waals surface area contributed by atoms with E-state index in [0.29, 0.717) is 23.1 Å². The van der Waals surface area contributed by atoms with Gasteiger partial charge in [0.15, 0.2) is 0 Å². The molecule has 0 amide bonds. The zero-order chi connectivity index (χ0) is 24.0. The van der Waals surface area contributed by atoms with E-state index in [-0.39, 0.29) is 25.1 Å². The van der Waals surface area contributed by atoms with Gasteiger partial charge in [0.2, 0.25) is 5.62 Å². The minimum atomic E-state index is -1.11. The molecule has 10 heteroatoms. The molecule has 0 bridgehead atoms. The highest BCUT2D eigenvalue weighted by Crippen LogP contribution is 2.28. The number of carboxylic acids is 1. The molecule has 0 saturated carbocycles. The lowest BCUT2D eigenvalue weighted by Crippen LogP contribution is -2.50. The van der Waals surface area contributed by atoms with E-state index in [2.05, 4.69) is 9.98 Å². The highest BCUT2D eigenvalue weighted by atomic mass is 35.5. The fourth-order valence-electron chi connectivity index (χ4n) is 3.08. The molecule has 174 valence electrons. The van der Waals surface area contributed by atoms with E-state index < -0.39 is 17.3 Å². The quantitative estimate of drug-likeness (QED) is 0.496. The third kappa shape index (κ3) is 6.23. The number of nitrogens with one attached hydrogen (secondary N) is 1. The van der Waals surface area contributed by atoms with Crippen LogP contribution in [0.1, 0.15) is 30.9 Å². The Morgan fingerprint density at radius 3 is 2.52 bits per heavy atom. The molecular formula is C23H25ClN4O5. The van der Waals surface area contributed by atoms with Crippen molar-refractivity contribution in [3.63, 3.8) is 0 Å². The van der Waals surface area contributed by atoms with Crippen molar-refractivity contribution >= 4 is 23.3 Å². The minimum absolute atomic E-state index is 0.0236. The summed E-state index contributed by atoms with van der Waals surface area (Å²) in [4.78, 5) is 43.7. The molecule has 0 radical (unpaired) electrons. The standard InChI is InChI=1S/C23H25ClN4O5/c1-3-12-33-19-9-8-17(13-18(19)24)25-21-26-22(31)27(11-10-20(29)30)23(32)28(21)14-16-6-4-15(2)5-7-16/h4-9,13H,3,10-12,14H2,1-2H3,(H,29,30)(H,25,26,31). The Kier molecular flexibility index (Phi) is 7.89. The van der Waals surface area contributed by atoms with Crippen LogP contribution in [-0.4, -0.2) is 31.8 Å². The predicted octanol–water partition coefficient (Wildman–Crippen LogP) is 2.84. The van der Waals surface area contributed by atoms with Crippen LogP contribution in [0.2, 0.25) is 5.02 Å². The summed E-state index contributed by atoms with van der Waals surface area (Å²) < 4.78 is 7.72. The summed E-state index contributed by atoms with van der Waals surface area (Å²) in [6.07, 6.45) is 0.472. The normalized spacial score (nSPS) is 11.5. The van der Waals surface area contributed by atoms with Gasteiger partial charge in [0, 0.05) is 6.54 Å². The Morgan fingerprint density at radius 2 is 1.88 bits per heavy atom. The number of hydrogen-bond donors (Lipinski definition) is 2. The zero-order valence-corrected chi connectivity index (χ0v) is 19.1. The summed E-state index contributed by atoms with van der Waals surface area (Å²) in [7, 11) is 0. The number of rotatable bonds is 9. The van der Waals surface area contributed by atoms with E-state index in [1.54, 1.807) is 18.2 Å². The minimum Gasteiger partial charge on any atom is -0.492 e. The fraction of sp³-hybridized carbons (Fsp3) is 0.304. The third-order valence-corrected chi connectivity index (χ3v) is 5.10. The van der Waals surface area contributed by atoms with Crippen molar-refractivity contribution in [3.8, 4) is 5.75 Å². The second-order valence-electron chi connectivity index (χ2n) is 7.48. The molecule has 0 unspecified atom stereocenters. The maximum Gasteiger partial charge on any atom is 0.335 e. The second-order valence-corrected chi connectivity index (χ2v) is 7.89. The van der Waals surface area contributed by atoms with Gasteiger partial charge in [-0.05, 0) is 37.1 Å². The molecule has 9 nitrogen and oxygen atoms in total. The lowest BCUT2D eigenvalue weighted by Gasteiger charge is -2.11. The van der Waals surface area contributed by atoms with Gasteiger partial charge in [0.25, 0.3) is 0 Å². The average molecular weight is 473 g/mol. The van der Waals surface area contributed by atoms with Crippen LogP contribution in [0, 0.1) is 6.92 Å². The maximum atomic E-state index is 13.1. The van der Waals surface area contributed by atoms with E-state index in [1.165, 1.54) is 4.57 Å². The topological polar surface area (TPSA) is 119 Å². The van der Waals surface area contributed by atoms with Crippen molar-refractivity contribution in [2.24, 2.45) is 4.99 Å². The molecule has 33 heavy (non-hydrogen) atoms. The SMILES string of the molecule is CCCOc1ccc(/N=c2\[nH]c(=O)n(CCC(=O)O)c(=O)n2Cc2ccc(C)cc2)cc1Cl. The van der Waals surface area contributed by atoms with E-state index >= 15 is 0 Å². The van der Waals surface area contributed by atoms with Crippen LogP contribution in [0.3, 0.4) is 0 Å². The third-order valence-electron chi connectivity index (χ3n) is 4.80. The Bertz CT molecular complexity index is 1320. The second kappa shape index (κ2) is 10.8. The van der Waals surface area contributed by atoms with Gasteiger partial charge in [-0.3, -0.25) is 14.3 Å². The largest absolute Gasteiger partial charge is 0.492 e. The molecule has 3 rings (SSSR count). The Balaban J connectivity index is 2.12. The number of H-pyrrole nitrogens is 1. The van der Waals surface area contributed by atoms with Crippen LogP contribution in [-0.2, 0) is 17.9 Å². The molecule has 0 atom stereocenters. The summed E-state index contributed by atoms with van der Waals surface area (Å²) in [5.41, 5.74) is 0.920. The number of aryl methyl sites for hydroxylation is 1. The van der Waals surface area contributed by atoms with E-state index in [0.717, 1.165) is 22.1 Å². The molecule has 0 spiro atoms. The Labute approximate surface area is 194 Å². The zero-order valence-electron chi connectivity index (χ0n) is 18.4. The van der Waals surface area contributed by atoms with Crippen LogP contribution in [0.5, 0.6) is 5.75 Å². The molecule has 1 heterocycles. The van der Waals surface area contributed by atoms with Crippen LogP contribution >= 0.6 is 11.6 Å². The molecular weight excluding hydrogens is 448 g/mol. The van der Waals surface area contributed by atoms with Gasteiger partial charge in [-0.1, -0.05) is 48.4 Å². The molecule has 2 aromatic carbocycles. The number of hydrogen-bond acceptors (Lipinski definition) is 5. The van der Waals surface area contributed by atoms with Gasteiger partial charge < -0.3 is 9.84 Å². The monoisotopic (exact) mass is 472 g/mol. The molecule has 1 aromatic heterocycles. The highest BCUT2D eigenvalue weighted by molar-refractivity contribution is 6.32. The van der Waals surface area contributed by atoms with E-state index in [1.807, 2.05) is 38.1 Å². The highest BCUT2D eigenvalue weighted by Gasteiger charge is 2.12. The number of carbonyl (C=O) groups is 1. The van der Waals surface area contributed by atoms with Gasteiger partial charge in [0.05, 0.1) is 30.3 Å². The maximum absolute atomic E-state index is 13.1. The first-order valence-electron chi connectivity index (χ1n) is 10.5. The van der Waals surface area contributed by atoms with Crippen molar-refractivity contribution in [3.05, 3.63) is 85.2 Å². The molecule has 0 saturated heterocycles. The number of carboxylic acid groups (broad SMARTS) is 1. The lowest BCUT2D eigenvalue weighted by atomic mass is 10.1. The molecule has 0 aliphatic carbocycles. The van der Waals surface area contributed by atoms with Crippen molar-refractivity contribution in [2.45, 2.75) is 39.8 Å². The van der Waals surface area contributed by atoms with Gasteiger partial charge >= 0.3 is 17.3 Å². The van der Waals surface area contributed by atoms with Crippen LogP contribution in [0.4, 0.5) is 5.69 Å². The van der Waals surface area contributed by atoms with Crippen molar-refractivity contribution in [1.82, 2.24) is 14.1 Å². The Hall–Kier alpha value is -3.59. The van der Waals surface area contributed by atoms with Crippen molar-refractivity contribution in [2.75, 3.05) is 6.61 Å². The first-order valence-corrected chi connectivity index (χ1v) is 10.8. The number of aromatic amines is 1. The van der Waals surface area contributed by atoms with Crippen molar-refractivity contribution < 1.29 is 14.6 Å². The van der Waals surface area contributed by atoms with E-state index in [4.69, 9.17) is 21.4 Å². The van der Waals surface area contributed by atoms with Gasteiger partial charge in [-0.2, -0.15) is 0 Å². The number of aromatic nitrogens is 3. The average Bonchev–Trinajstić information content (AvgIpc) is 2.77. The summed E-state index contributed by atoms with van der Waals surface area (Å²) in [6, 6.07) is 12.5. The van der Waals surface area contributed by atoms with Gasteiger partial charge in [0.1, 0.15) is 5.75 Å². The summed E-state index contributed by atoms with van der Waals surface area (Å²) >= 11 is 6.29. The number of ether oxygens (including phenoxy) is 1. The molecule has 3 aromatic rings. The first-order chi connectivity index (χ1) is 15.8. The summed E-state index contributed by atoms with van der Waals surface area (Å²) in [5, 5.41) is 9.32. The summed E-state index contributed by atoms with van der Waals surface area (Å²) in [5.74, 6) is -0.595. The first kappa shape index (κ1) is 24.1. The van der Waals surface area contributed by atoms with Gasteiger partial charge in [-0.25, -0.2) is 19.1 Å². The lowest BCUT2D eigenvalue weighted by molar-refractivity contribution is -0.137. The number of nitrogens with zero attached hydrogens (tertiary/aromatic N) is 3. The predicted molar refractivity (Wildman–Crippen MR) is 124 cm³/mol. The number of aliphatic carboxylic acids is 1. The fourth-order valence-corrected chi connectivity index (χ4v) is 3.31. The van der Waals surface area contributed by atoms with Crippen LogP contribution in [0.15, 0.2) is 57.0 Å². The molecule has 0 aliphatic rings. The summed E-state index contributed by atoms with van der Waals surface area (Å²) in [6.45, 7) is 4.34. The molecule has 2 N–H and O–H groups in total. The molecule has 0 fully saturated rings. The number of halogens is 1. The van der Waals surface area contributed by atoms with Crippen LogP contribution < -0.4 is 21.7 Å². The van der Waals surface area contributed by atoms with Crippen LogP contribution in [0.25, 0.3) is 0 Å². The molecule has 0 aliphatic heterocycles.